The van der Waals surface area contributed by atoms with Crippen molar-refractivity contribution in [2.75, 3.05) is 13.7 Å². The molecule has 1 aromatic heterocycles. The molecule has 7 nitrogen and oxygen atoms in total. The van der Waals surface area contributed by atoms with Gasteiger partial charge in [-0.25, -0.2) is 4.79 Å². The quantitative estimate of drug-likeness (QED) is 0.703. The SMILES string of the molecule is COCc1cccc(CNCCn2cc(C(=O)O)nn2)c1. The second kappa shape index (κ2) is 7.51. The molecule has 0 saturated carbocycles. The Kier molecular flexibility index (Phi) is 5.42. The van der Waals surface area contributed by atoms with Crippen LogP contribution in [0.2, 0.25) is 0 Å². The van der Waals surface area contributed by atoms with Crippen LogP contribution in [0.25, 0.3) is 0 Å². The highest BCUT2D eigenvalue weighted by molar-refractivity contribution is 5.84. The van der Waals surface area contributed by atoms with E-state index in [0.717, 1.165) is 12.1 Å². The van der Waals surface area contributed by atoms with Gasteiger partial charge in [-0.2, -0.15) is 0 Å². The fraction of sp³-hybridized carbons (Fsp3) is 0.357. The van der Waals surface area contributed by atoms with Gasteiger partial charge < -0.3 is 15.2 Å². The smallest absolute Gasteiger partial charge is 0.358 e. The van der Waals surface area contributed by atoms with Crippen molar-refractivity contribution in [3.05, 3.63) is 47.3 Å². The monoisotopic (exact) mass is 290 g/mol. The molecule has 1 aromatic carbocycles. The second-order valence-corrected chi connectivity index (χ2v) is 4.60. The van der Waals surface area contributed by atoms with E-state index < -0.39 is 5.97 Å². The summed E-state index contributed by atoms with van der Waals surface area (Å²) in [6, 6.07) is 8.16. The van der Waals surface area contributed by atoms with Crippen molar-refractivity contribution in [1.29, 1.82) is 0 Å². The summed E-state index contributed by atoms with van der Waals surface area (Å²) in [6.07, 6.45) is 1.42. The summed E-state index contributed by atoms with van der Waals surface area (Å²) < 4.78 is 6.61. The van der Waals surface area contributed by atoms with Crippen LogP contribution in [-0.2, 0) is 24.4 Å². The Morgan fingerprint density at radius 3 is 2.95 bits per heavy atom. The van der Waals surface area contributed by atoms with E-state index in [2.05, 4.69) is 21.7 Å². The van der Waals surface area contributed by atoms with Crippen molar-refractivity contribution < 1.29 is 14.6 Å². The molecule has 0 aliphatic heterocycles. The molecule has 7 heteroatoms. The van der Waals surface area contributed by atoms with Gasteiger partial charge in [0.1, 0.15) is 0 Å². The summed E-state index contributed by atoms with van der Waals surface area (Å²) >= 11 is 0. The van der Waals surface area contributed by atoms with E-state index in [4.69, 9.17) is 9.84 Å². The van der Waals surface area contributed by atoms with Crippen molar-refractivity contribution in [2.45, 2.75) is 19.7 Å². The number of ether oxygens (including phenoxy) is 1. The first kappa shape index (κ1) is 15.1. The molecule has 0 aliphatic carbocycles. The first-order valence-corrected chi connectivity index (χ1v) is 6.60. The maximum atomic E-state index is 10.7. The zero-order chi connectivity index (χ0) is 15.1. The van der Waals surface area contributed by atoms with Gasteiger partial charge in [0.25, 0.3) is 0 Å². The van der Waals surface area contributed by atoms with E-state index >= 15 is 0 Å². The van der Waals surface area contributed by atoms with Gasteiger partial charge in [0.05, 0.1) is 19.3 Å². The van der Waals surface area contributed by atoms with Crippen LogP contribution in [0.5, 0.6) is 0 Å². The van der Waals surface area contributed by atoms with Crippen LogP contribution in [0.4, 0.5) is 0 Å². The predicted octanol–water partition coefficient (Wildman–Crippen LogP) is 0.912. The Bertz CT molecular complexity index is 597. The third kappa shape index (κ3) is 4.66. The predicted molar refractivity (Wildman–Crippen MR) is 75.8 cm³/mol. The number of hydrogen-bond donors (Lipinski definition) is 2. The van der Waals surface area contributed by atoms with Gasteiger partial charge in [-0.15, -0.1) is 5.10 Å². The van der Waals surface area contributed by atoms with E-state index in [1.807, 2.05) is 18.2 Å². The van der Waals surface area contributed by atoms with Gasteiger partial charge in [0.2, 0.25) is 0 Å². The Hall–Kier alpha value is -2.25. The summed E-state index contributed by atoms with van der Waals surface area (Å²) in [4.78, 5) is 10.7. The standard InChI is InChI=1S/C14H18N4O3/c1-21-10-12-4-2-3-11(7-12)8-15-5-6-18-9-13(14(19)20)16-17-18/h2-4,7,9,15H,5-6,8,10H2,1H3,(H,19,20). The number of nitrogens with one attached hydrogen (secondary N) is 1. The highest BCUT2D eigenvalue weighted by Crippen LogP contribution is 2.06. The number of carboxylic acids is 1. The van der Waals surface area contributed by atoms with Gasteiger partial charge in [-0.1, -0.05) is 29.5 Å². The lowest BCUT2D eigenvalue weighted by molar-refractivity contribution is 0.0690. The van der Waals surface area contributed by atoms with Gasteiger partial charge in [0.15, 0.2) is 5.69 Å². The van der Waals surface area contributed by atoms with Gasteiger partial charge in [0, 0.05) is 20.2 Å². The molecular weight excluding hydrogens is 272 g/mol. The zero-order valence-corrected chi connectivity index (χ0v) is 11.8. The number of benzene rings is 1. The van der Waals surface area contributed by atoms with Crippen LogP contribution in [0.3, 0.4) is 0 Å². The maximum absolute atomic E-state index is 10.7. The Morgan fingerprint density at radius 1 is 1.43 bits per heavy atom. The van der Waals surface area contributed by atoms with E-state index in [1.165, 1.54) is 16.4 Å². The molecule has 0 spiro atoms. The summed E-state index contributed by atoms with van der Waals surface area (Å²) in [7, 11) is 1.68. The summed E-state index contributed by atoms with van der Waals surface area (Å²) in [6.45, 7) is 2.58. The number of methoxy groups -OCH3 is 1. The molecule has 2 N–H and O–H groups in total. The van der Waals surface area contributed by atoms with E-state index in [-0.39, 0.29) is 5.69 Å². The molecule has 0 fully saturated rings. The van der Waals surface area contributed by atoms with Crippen molar-refractivity contribution >= 4 is 5.97 Å². The first-order valence-electron chi connectivity index (χ1n) is 6.60. The lowest BCUT2D eigenvalue weighted by atomic mass is 10.1. The Labute approximate surface area is 122 Å². The Morgan fingerprint density at radius 2 is 2.24 bits per heavy atom. The molecule has 21 heavy (non-hydrogen) atoms. The van der Waals surface area contributed by atoms with Gasteiger partial charge in [-0.3, -0.25) is 4.68 Å². The molecule has 0 radical (unpaired) electrons. The minimum atomic E-state index is -1.07. The highest BCUT2D eigenvalue weighted by atomic mass is 16.5. The van der Waals surface area contributed by atoms with E-state index in [0.29, 0.717) is 19.7 Å². The maximum Gasteiger partial charge on any atom is 0.358 e. The molecule has 112 valence electrons. The first-order chi connectivity index (χ1) is 10.2. The molecule has 2 aromatic rings. The van der Waals surface area contributed by atoms with Crippen LogP contribution in [0.15, 0.2) is 30.5 Å². The van der Waals surface area contributed by atoms with Crippen molar-refractivity contribution in [3.8, 4) is 0 Å². The summed E-state index contributed by atoms with van der Waals surface area (Å²) in [5.41, 5.74) is 2.27. The number of nitrogens with zero attached hydrogens (tertiary/aromatic N) is 3. The molecule has 0 amide bonds. The third-order valence-electron chi connectivity index (χ3n) is 2.91. The minimum Gasteiger partial charge on any atom is -0.476 e. The second-order valence-electron chi connectivity index (χ2n) is 4.60. The molecular formula is C14H18N4O3. The van der Waals surface area contributed by atoms with Gasteiger partial charge >= 0.3 is 5.97 Å². The molecule has 0 atom stereocenters. The van der Waals surface area contributed by atoms with E-state index in [9.17, 15) is 4.79 Å². The fourth-order valence-electron chi connectivity index (χ4n) is 1.93. The average Bonchev–Trinajstić information content (AvgIpc) is 2.94. The third-order valence-corrected chi connectivity index (χ3v) is 2.91. The number of rotatable bonds is 8. The lowest BCUT2D eigenvalue weighted by Gasteiger charge is -2.06. The molecule has 1 heterocycles. The topological polar surface area (TPSA) is 89.3 Å². The zero-order valence-electron chi connectivity index (χ0n) is 11.8. The van der Waals surface area contributed by atoms with Crippen LogP contribution in [-0.4, -0.2) is 39.7 Å². The summed E-state index contributed by atoms with van der Waals surface area (Å²) in [5.74, 6) is -1.07. The molecule has 0 bridgehead atoms. The van der Waals surface area contributed by atoms with Gasteiger partial charge in [-0.05, 0) is 11.1 Å². The number of aromatic carboxylic acids is 1. The lowest BCUT2D eigenvalue weighted by Crippen LogP contribution is -2.20. The number of aromatic nitrogens is 3. The average molecular weight is 290 g/mol. The van der Waals surface area contributed by atoms with Crippen molar-refractivity contribution in [1.82, 2.24) is 20.3 Å². The number of carboxylic acid groups (broad SMARTS) is 1. The van der Waals surface area contributed by atoms with Crippen molar-refractivity contribution in [3.63, 3.8) is 0 Å². The van der Waals surface area contributed by atoms with Crippen LogP contribution in [0.1, 0.15) is 21.6 Å². The van der Waals surface area contributed by atoms with Crippen LogP contribution < -0.4 is 5.32 Å². The van der Waals surface area contributed by atoms with E-state index in [1.54, 1.807) is 7.11 Å². The normalized spacial score (nSPS) is 10.7. The summed E-state index contributed by atoms with van der Waals surface area (Å²) in [5, 5.41) is 19.3. The molecule has 0 aliphatic rings. The molecule has 2 rings (SSSR count). The van der Waals surface area contributed by atoms with Crippen molar-refractivity contribution in [2.24, 2.45) is 0 Å². The fourth-order valence-corrected chi connectivity index (χ4v) is 1.93. The molecule has 0 unspecified atom stereocenters. The highest BCUT2D eigenvalue weighted by Gasteiger charge is 2.07. The number of hydrogen-bond acceptors (Lipinski definition) is 5. The Balaban J connectivity index is 1.76. The minimum absolute atomic E-state index is 0.0396. The molecule has 0 saturated heterocycles. The van der Waals surface area contributed by atoms with Crippen LogP contribution >= 0.6 is 0 Å². The largest absolute Gasteiger partial charge is 0.476 e. The van der Waals surface area contributed by atoms with Crippen LogP contribution in [0, 0.1) is 0 Å². The number of carbonyl (C=O) groups is 1.